The molecule has 2 rings (SSSR count). The fraction of sp³-hybridized carbons (Fsp3) is 0.0625. The van der Waals surface area contributed by atoms with Crippen LogP contribution in [0.15, 0.2) is 48.7 Å². The number of urea groups is 1. The number of halogens is 2. The molecule has 0 saturated carbocycles. The highest BCUT2D eigenvalue weighted by molar-refractivity contribution is 6.42. The molecule has 0 spiro atoms. The fourth-order valence-electron chi connectivity index (χ4n) is 1.75. The second kappa shape index (κ2) is 7.73. The Hall–Kier alpha value is -2.17. The number of carbonyl (C=O) groups is 1. The first kappa shape index (κ1) is 16.2. The molecule has 2 aromatic rings. The Kier molecular flexibility index (Phi) is 5.69. The maximum atomic E-state index is 11.8. The number of para-hydroxylation sites is 1. The molecule has 0 bridgehead atoms. The van der Waals surface area contributed by atoms with E-state index in [2.05, 4.69) is 10.6 Å². The highest BCUT2D eigenvalue weighted by Crippen LogP contribution is 2.24. The van der Waals surface area contributed by atoms with Crippen molar-refractivity contribution < 1.29 is 9.53 Å². The maximum Gasteiger partial charge on any atom is 0.323 e. The van der Waals surface area contributed by atoms with Gasteiger partial charge in [0.1, 0.15) is 5.75 Å². The number of hydrogen-bond acceptors (Lipinski definition) is 2. The number of anilines is 1. The number of ether oxygens (including phenoxy) is 1. The van der Waals surface area contributed by atoms with Gasteiger partial charge in [0, 0.05) is 17.5 Å². The number of nitrogens with one attached hydrogen (secondary N) is 2. The summed E-state index contributed by atoms with van der Waals surface area (Å²) in [5, 5.41) is 6.06. The second-order valence-corrected chi connectivity index (χ2v) is 5.12. The number of amides is 2. The van der Waals surface area contributed by atoms with Crippen molar-refractivity contribution in [2.24, 2.45) is 0 Å². The average Bonchev–Trinajstić information content (AvgIpc) is 2.51. The van der Waals surface area contributed by atoms with E-state index >= 15 is 0 Å². The van der Waals surface area contributed by atoms with Crippen molar-refractivity contribution in [3.8, 4) is 5.75 Å². The van der Waals surface area contributed by atoms with Crippen LogP contribution in [0.1, 0.15) is 5.56 Å². The molecule has 0 aliphatic rings. The van der Waals surface area contributed by atoms with Crippen molar-refractivity contribution in [1.82, 2.24) is 5.32 Å². The monoisotopic (exact) mass is 336 g/mol. The van der Waals surface area contributed by atoms with Crippen molar-refractivity contribution in [3.05, 3.63) is 64.3 Å². The molecule has 0 fully saturated rings. The minimum absolute atomic E-state index is 0.379. The predicted octanol–water partition coefficient (Wildman–Crippen LogP) is 4.79. The zero-order chi connectivity index (χ0) is 15.9. The Morgan fingerprint density at radius 2 is 1.91 bits per heavy atom. The molecule has 2 amide bonds. The number of hydrogen-bond donors (Lipinski definition) is 2. The van der Waals surface area contributed by atoms with Crippen LogP contribution in [0.5, 0.6) is 5.75 Å². The zero-order valence-electron chi connectivity index (χ0n) is 11.8. The normalized spacial score (nSPS) is 10.5. The van der Waals surface area contributed by atoms with Gasteiger partial charge < -0.3 is 15.4 Å². The van der Waals surface area contributed by atoms with E-state index in [1.54, 1.807) is 31.4 Å². The third-order valence-electron chi connectivity index (χ3n) is 2.79. The smallest absolute Gasteiger partial charge is 0.323 e. The number of methoxy groups -OCH3 is 1. The standard InChI is InChI=1S/C16H14Cl2N2O2/c1-22-15-5-3-2-4-11(15)8-9-19-16(21)20-12-6-7-13(17)14(18)10-12/h2-10H,1H3,(H2,19,20,21)/b9-8+. The quantitative estimate of drug-likeness (QED) is 0.842. The first-order valence-electron chi connectivity index (χ1n) is 6.42. The molecule has 114 valence electrons. The van der Waals surface area contributed by atoms with Crippen LogP contribution in [0.4, 0.5) is 10.5 Å². The third-order valence-corrected chi connectivity index (χ3v) is 3.53. The van der Waals surface area contributed by atoms with E-state index in [4.69, 9.17) is 27.9 Å². The van der Waals surface area contributed by atoms with Crippen LogP contribution in [0.2, 0.25) is 10.0 Å². The molecule has 0 heterocycles. The Balaban J connectivity index is 1.95. The van der Waals surface area contributed by atoms with Crippen LogP contribution in [0.3, 0.4) is 0 Å². The molecule has 2 N–H and O–H groups in total. The highest BCUT2D eigenvalue weighted by Gasteiger charge is 2.03. The van der Waals surface area contributed by atoms with Gasteiger partial charge in [-0.25, -0.2) is 4.79 Å². The van der Waals surface area contributed by atoms with Crippen LogP contribution in [0, 0.1) is 0 Å². The van der Waals surface area contributed by atoms with Gasteiger partial charge in [0.25, 0.3) is 0 Å². The summed E-state index contributed by atoms with van der Waals surface area (Å²) in [4.78, 5) is 11.8. The Morgan fingerprint density at radius 3 is 2.64 bits per heavy atom. The average molecular weight is 337 g/mol. The summed E-state index contributed by atoms with van der Waals surface area (Å²) >= 11 is 11.7. The summed E-state index contributed by atoms with van der Waals surface area (Å²) in [5.74, 6) is 0.727. The number of rotatable bonds is 4. The summed E-state index contributed by atoms with van der Waals surface area (Å²) in [6.07, 6.45) is 3.28. The molecule has 0 radical (unpaired) electrons. The Labute approximate surface area is 138 Å². The van der Waals surface area contributed by atoms with Gasteiger partial charge in [-0.05, 0) is 30.3 Å². The van der Waals surface area contributed by atoms with Crippen molar-refractivity contribution in [3.63, 3.8) is 0 Å². The molecule has 0 unspecified atom stereocenters. The van der Waals surface area contributed by atoms with E-state index in [1.807, 2.05) is 24.3 Å². The van der Waals surface area contributed by atoms with Crippen molar-refractivity contribution in [1.29, 1.82) is 0 Å². The lowest BCUT2D eigenvalue weighted by atomic mass is 10.2. The largest absolute Gasteiger partial charge is 0.496 e. The van der Waals surface area contributed by atoms with Crippen molar-refractivity contribution >= 4 is 41.0 Å². The molecule has 0 aromatic heterocycles. The van der Waals surface area contributed by atoms with Gasteiger partial charge in [-0.15, -0.1) is 0 Å². The minimum Gasteiger partial charge on any atom is -0.496 e. The van der Waals surface area contributed by atoms with Crippen LogP contribution in [-0.4, -0.2) is 13.1 Å². The molecular formula is C16H14Cl2N2O2. The zero-order valence-corrected chi connectivity index (χ0v) is 13.3. The molecule has 4 nitrogen and oxygen atoms in total. The molecule has 6 heteroatoms. The lowest BCUT2D eigenvalue weighted by Gasteiger charge is -2.06. The third kappa shape index (κ3) is 4.41. The van der Waals surface area contributed by atoms with Gasteiger partial charge >= 0.3 is 6.03 Å². The topological polar surface area (TPSA) is 50.4 Å². The summed E-state index contributed by atoms with van der Waals surface area (Å²) in [5.41, 5.74) is 1.41. The fourth-order valence-corrected chi connectivity index (χ4v) is 2.05. The van der Waals surface area contributed by atoms with Crippen molar-refractivity contribution in [2.45, 2.75) is 0 Å². The second-order valence-electron chi connectivity index (χ2n) is 4.30. The SMILES string of the molecule is COc1ccccc1/C=C/NC(=O)Nc1ccc(Cl)c(Cl)c1. The van der Waals surface area contributed by atoms with E-state index in [0.717, 1.165) is 11.3 Å². The Bertz CT molecular complexity index is 702. The first-order chi connectivity index (χ1) is 10.6. The molecule has 0 aliphatic carbocycles. The van der Waals surface area contributed by atoms with E-state index in [-0.39, 0.29) is 6.03 Å². The lowest BCUT2D eigenvalue weighted by Crippen LogP contribution is -2.23. The number of benzene rings is 2. The summed E-state index contributed by atoms with van der Waals surface area (Å²) in [6, 6.07) is 12.0. The van der Waals surface area contributed by atoms with Crippen LogP contribution in [0.25, 0.3) is 6.08 Å². The predicted molar refractivity (Wildman–Crippen MR) is 90.6 cm³/mol. The highest BCUT2D eigenvalue weighted by atomic mass is 35.5. The van der Waals surface area contributed by atoms with Gasteiger partial charge in [-0.1, -0.05) is 41.4 Å². The Morgan fingerprint density at radius 1 is 1.14 bits per heavy atom. The van der Waals surface area contributed by atoms with Gasteiger partial charge in [0.05, 0.1) is 17.2 Å². The van der Waals surface area contributed by atoms with E-state index in [9.17, 15) is 4.79 Å². The maximum absolute atomic E-state index is 11.8. The van der Waals surface area contributed by atoms with Gasteiger partial charge in [0.15, 0.2) is 0 Å². The van der Waals surface area contributed by atoms with E-state index in [1.165, 1.54) is 6.20 Å². The van der Waals surface area contributed by atoms with Crippen molar-refractivity contribution in [2.75, 3.05) is 12.4 Å². The van der Waals surface area contributed by atoms with Gasteiger partial charge in [0.2, 0.25) is 0 Å². The van der Waals surface area contributed by atoms with Crippen LogP contribution in [-0.2, 0) is 0 Å². The molecular weight excluding hydrogens is 323 g/mol. The summed E-state index contributed by atoms with van der Waals surface area (Å²) in [6.45, 7) is 0. The molecule has 2 aromatic carbocycles. The molecule has 0 aliphatic heterocycles. The summed E-state index contributed by atoms with van der Waals surface area (Å²) < 4.78 is 5.22. The van der Waals surface area contributed by atoms with Gasteiger partial charge in [-0.2, -0.15) is 0 Å². The van der Waals surface area contributed by atoms with Gasteiger partial charge in [-0.3, -0.25) is 0 Å². The lowest BCUT2D eigenvalue weighted by molar-refractivity contribution is 0.255. The molecule has 0 saturated heterocycles. The molecule has 22 heavy (non-hydrogen) atoms. The first-order valence-corrected chi connectivity index (χ1v) is 7.18. The van der Waals surface area contributed by atoms with Crippen LogP contribution < -0.4 is 15.4 Å². The van der Waals surface area contributed by atoms with E-state index < -0.39 is 0 Å². The van der Waals surface area contributed by atoms with Crippen LogP contribution >= 0.6 is 23.2 Å². The minimum atomic E-state index is -0.385. The van der Waals surface area contributed by atoms with E-state index in [0.29, 0.717) is 15.7 Å². The summed E-state index contributed by atoms with van der Waals surface area (Å²) in [7, 11) is 1.59. The molecule has 0 atom stereocenters. The number of carbonyl (C=O) groups excluding carboxylic acids is 1.